The van der Waals surface area contributed by atoms with E-state index in [9.17, 15) is 9.59 Å². The highest BCUT2D eigenvalue weighted by Gasteiger charge is 2.12. The summed E-state index contributed by atoms with van der Waals surface area (Å²) in [5.41, 5.74) is 0.495. The molecule has 0 aliphatic carbocycles. The molecule has 0 atom stereocenters. The first-order valence-corrected chi connectivity index (χ1v) is 6.78. The van der Waals surface area contributed by atoms with Crippen LogP contribution in [-0.2, 0) is 16.1 Å². The summed E-state index contributed by atoms with van der Waals surface area (Å²) in [6.45, 7) is 2.62. The number of carbonyl (C=O) groups is 1. The number of nitrogens with zero attached hydrogens (tertiary/aromatic N) is 2. The van der Waals surface area contributed by atoms with Gasteiger partial charge < -0.3 is 14.6 Å². The van der Waals surface area contributed by atoms with Crippen molar-refractivity contribution in [2.45, 2.75) is 13.5 Å². The first-order valence-electron chi connectivity index (χ1n) is 5.90. The number of fused-ring (bicyclic) bond motifs is 1. The second kappa shape index (κ2) is 5.94. The van der Waals surface area contributed by atoms with Crippen molar-refractivity contribution in [3.63, 3.8) is 0 Å². The molecule has 102 valence electrons. The Hall–Kier alpha value is -1.73. The largest absolute Gasteiger partial charge is 0.372 e. The molecule has 2 rings (SSSR count). The van der Waals surface area contributed by atoms with Crippen molar-refractivity contribution in [2.75, 3.05) is 20.3 Å². The molecule has 2 heterocycles. The molecule has 7 heteroatoms. The van der Waals surface area contributed by atoms with Gasteiger partial charge in [0.15, 0.2) is 0 Å². The molecule has 0 aliphatic heterocycles. The van der Waals surface area contributed by atoms with Gasteiger partial charge in [0.25, 0.3) is 5.56 Å². The Morgan fingerprint density at radius 1 is 1.58 bits per heavy atom. The van der Waals surface area contributed by atoms with E-state index < -0.39 is 0 Å². The van der Waals surface area contributed by atoms with Gasteiger partial charge in [0, 0.05) is 13.7 Å². The third kappa shape index (κ3) is 3.18. The molecule has 2 aromatic rings. The topological polar surface area (TPSA) is 75.3 Å². The summed E-state index contributed by atoms with van der Waals surface area (Å²) in [7, 11) is 1.65. The molecule has 0 spiro atoms. The van der Waals surface area contributed by atoms with E-state index in [1.54, 1.807) is 13.1 Å². The fourth-order valence-electron chi connectivity index (χ4n) is 1.61. The van der Waals surface area contributed by atoms with Crippen LogP contribution in [-0.4, -0.2) is 41.0 Å². The summed E-state index contributed by atoms with van der Waals surface area (Å²) >= 11 is 1.35. The van der Waals surface area contributed by atoms with Crippen molar-refractivity contribution in [3.8, 4) is 0 Å². The van der Waals surface area contributed by atoms with Gasteiger partial charge in [0.05, 0.1) is 12.1 Å². The SMILES string of the molecule is CCOCC(=O)N(C)Cc1nc2ccsc2c(=O)[nH]1. The predicted octanol–water partition coefficient (Wildman–Crippen LogP) is 0.979. The number of aromatic amines is 1. The molecular weight excluding hydrogens is 266 g/mol. The van der Waals surface area contributed by atoms with Crippen molar-refractivity contribution in [3.05, 3.63) is 27.6 Å². The zero-order valence-corrected chi connectivity index (χ0v) is 11.6. The number of ether oxygens (including phenoxy) is 1. The van der Waals surface area contributed by atoms with Crippen LogP contribution in [0.1, 0.15) is 12.7 Å². The second-order valence-corrected chi connectivity index (χ2v) is 4.95. The molecule has 0 saturated carbocycles. The molecule has 1 N–H and O–H groups in total. The maximum absolute atomic E-state index is 11.8. The minimum absolute atomic E-state index is 0.0396. The highest BCUT2D eigenvalue weighted by Crippen LogP contribution is 2.13. The Balaban J connectivity index is 2.12. The van der Waals surface area contributed by atoms with Crippen molar-refractivity contribution >= 4 is 27.5 Å². The predicted molar refractivity (Wildman–Crippen MR) is 73.2 cm³/mol. The van der Waals surface area contributed by atoms with E-state index >= 15 is 0 Å². The Kier molecular flexibility index (Phi) is 4.28. The molecule has 19 heavy (non-hydrogen) atoms. The number of amides is 1. The van der Waals surface area contributed by atoms with E-state index in [2.05, 4.69) is 9.97 Å². The zero-order valence-electron chi connectivity index (χ0n) is 10.8. The maximum atomic E-state index is 11.8. The van der Waals surface area contributed by atoms with Gasteiger partial charge in [-0.05, 0) is 18.4 Å². The van der Waals surface area contributed by atoms with Crippen molar-refractivity contribution < 1.29 is 9.53 Å². The fourth-order valence-corrected chi connectivity index (χ4v) is 2.33. The van der Waals surface area contributed by atoms with Crippen LogP contribution < -0.4 is 5.56 Å². The van der Waals surface area contributed by atoms with E-state index in [0.717, 1.165) is 0 Å². The summed E-state index contributed by atoms with van der Waals surface area (Å²) in [5.74, 6) is 0.332. The number of aromatic nitrogens is 2. The standard InChI is InChI=1S/C12H15N3O3S/c1-3-18-7-10(16)15(2)6-9-13-8-4-5-19-11(8)12(17)14-9/h4-5H,3,6-7H2,1-2H3,(H,13,14,17). The van der Waals surface area contributed by atoms with Crippen molar-refractivity contribution in [2.24, 2.45) is 0 Å². The lowest BCUT2D eigenvalue weighted by Gasteiger charge is -2.16. The smallest absolute Gasteiger partial charge is 0.268 e. The maximum Gasteiger partial charge on any atom is 0.268 e. The van der Waals surface area contributed by atoms with Crippen LogP contribution in [0.3, 0.4) is 0 Å². The van der Waals surface area contributed by atoms with Gasteiger partial charge in [-0.2, -0.15) is 0 Å². The van der Waals surface area contributed by atoms with Gasteiger partial charge in [0.2, 0.25) is 5.91 Å². The molecule has 2 aromatic heterocycles. The highest BCUT2D eigenvalue weighted by molar-refractivity contribution is 7.17. The van der Waals surface area contributed by atoms with Crippen molar-refractivity contribution in [1.82, 2.24) is 14.9 Å². The summed E-state index contributed by atoms with van der Waals surface area (Å²) < 4.78 is 5.66. The van der Waals surface area contributed by atoms with Gasteiger partial charge in [-0.15, -0.1) is 11.3 Å². The van der Waals surface area contributed by atoms with E-state index in [1.807, 2.05) is 12.3 Å². The third-order valence-electron chi connectivity index (χ3n) is 2.61. The monoisotopic (exact) mass is 281 g/mol. The van der Waals surface area contributed by atoms with Gasteiger partial charge in [0.1, 0.15) is 17.1 Å². The number of likely N-dealkylation sites (N-methyl/N-ethyl adjacent to an activating group) is 1. The number of nitrogens with one attached hydrogen (secondary N) is 1. The first-order chi connectivity index (χ1) is 9.11. The van der Waals surface area contributed by atoms with Crippen LogP contribution in [0.25, 0.3) is 10.2 Å². The number of hydrogen-bond donors (Lipinski definition) is 1. The molecular formula is C12H15N3O3S. The number of H-pyrrole nitrogens is 1. The van der Waals surface area contributed by atoms with E-state index in [-0.39, 0.29) is 24.6 Å². The van der Waals surface area contributed by atoms with Gasteiger partial charge in [-0.1, -0.05) is 0 Å². The molecule has 0 saturated heterocycles. The molecule has 1 amide bonds. The Morgan fingerprint density at radius 2 is 2.37 bits per heavy atom. The Labute approximate surface area is 114 Å². The van der Waals surface area contributed by atoms with Gasteiger partial charge in [-0.3, -0.25) is 9.59 Å². The van der Waals surface area contributed by atoms with Crippen LogP contribution in [0.5, 0.6) is 0 Å². The van der Waals surface area contributed by atoms with Crippen LogP contribution in [0.4, 0.5) is 0 Å². The van der Waals surface area contributed by atoms with Crippen LogP contribution >= 0.6 is 11.3 Å². The summed E-state index contributed by atoms with van der Waals surface area (Å²) in [4.78, 5) is 31.9. The molecule has 0 radical (unpaired) electrons. The number of carbonyl (C=O) groups excluding carboxylic acids is 1. The van der Waals surface area contributed by atoms with E-state index in [1.165, 1.54) is 16.2 Å². The molecule has 0 bridgehead atoms. The Bertz CT molecular complexity index is 634. The summed E-state index contributed by atoms with van der Waals surface area (Å²) in [6, 6.07) is 1.79. The van der Waals surface area contributed by atoms with Gasteiger partial charge >= 0.3 is 0 Å². The third-order valence-corrected chi connectivity index (χ3v) is 3.51. The molecule has 0 fully saturated rings. The van der Waals surface area contributed by atoms with Crippen LogP contribution in [0.2, 0.25) is 0 Å². The van der Waals surface area contributed by atoms with Gasteiger partial charge in [-0.25, -0.2) is 4.98 Å². The number of hydrogen-bond acceptors (Lipinski definition) is 5. The number of rotatable bonds is 5. The van der Waals surface area contributed by atoms with Crippen LogP contribution in [0.15, 0.2) is 16.2 Å². The molecule has 0 aliphatic rings. The summed E-state index contributed by atoms with van der Waals surface area (Å²) in [5, 5.41) is 1.82. The minimum atomic E-state index is -0.166. The summed E-state index contributed by atoms with van der Waals surface area (Å²) in [6.07, 6.45) is 0. The average molecular weight is 281 g/mol. The Morgan fingerprint density at radius 3 is 3.11 bits per heavy atom. The quantitative estimate of drug-likeness (QED) is 0.886. The van der Waals surface area contributed by atoms with Crippen LogP contribution in [0, 0.1) is 0 Å². The minimum Gasteiger partial charge on any atom is -0.372 e. The molecule has 6 nitrogen and oxygen atoms in total. The molecule has 0 aromatic carbocycles. The second-order valence-electron chi connectivity index (χ2n) is 4.03. The van der Waals surface area contributed by atoms with E-state index in [0.29, 0.717) is 22.6 Å². The normalized spacial score (nSPS) is 10.8. The molecule has 0 unspecified atom stereocenters. The van der Waals surface area contributed by atoms with Crippen molar-refractivity contribution in [1.29, 1.82) is 0 Å². The zero-order chi connectivity index (χ0) is 13.8. The fraction of sp³-hybridized carbons (Fsp3) is 0.417. The lowest BCUT2D eigenvalue weighted by atomic mass is 10.4. The number of thiophene rings is 1. The van der Waals surface area contributed by atoms with E-state index in [4.69, 9.17) is 4.74 Å². The lowest BCUT2D eigenvalue weighted by molar-refractivity contribution is -0.135. The first kappa shape index (κ1) is 13.7. The average Bonchev–Trinajstić information content (AvgIpc) is 2.84. The highest BCUT2D eigenvalue weighted by atomic mass is 32.1. The lowest BCUT2D eigenvalue weighted by Crippen LogP contribution is -2.31.